The van der Waals surface area contributed by atoms with Crippen molar-refractivity contribution in [3.05, 3.63) is 78.4 Å². The minimum Gasteiger partial charge on any atom is -0.496 e. The Bertz CT molecular complexity index is 1000. The number of hydrogen-bond acceptors (Lipinski definition) is 2. The number of ether oxygens (including phenoxy) is 2. The van der Waals surface area contributed by atoms with Crippen LogP contribution < -0.4 is 25.4 Å². The fourth-order valence-corrected chi connectivity index (χ4v) is 10.9. The van der Waals surface area contributed by atoms with Crippen LogP contribution in [0.5, 0.6) is 11.5 Å². The van der Waals surface area contributed by atoms with Gasteiger partial charge in [-0.3, -0.25) is 0 Å². The van der Waals surface area contributed by atoms with Crippen LogP contribution in [0.15, 0.2) is 72.8 Å². The first-order valence-electron chi connectivity index (χ1n) is 11.5. The molecule has 0 aliphatic rings. The van der Waals surface area contributed by atoms with Crippen LogP contribution in [0.3, 0.4) is 0 Å². The molecule has 0 bridgehead atoms. The highest BCUT2D eigenvalue weighted by atomic mass is 31.1. The van der Waals surface area contributed by atoms with Crippen LogP contribution in [-0.2, 0) is 6.16 Å². The van der Waals surface area contributed by atoms with E-state index in [1.165, 1.54) is 21.5 Å². The van der Waals surface area contributed by atoms with E-state index in [2.05, 4.69) is 102 Å². The van der Waals surface area contributed by atoms with E-state index in [1.54, 1.807) is 14.2 Å². The van der Waals surface area contributed by atoms with Crippen molar-refractivity contribution in [3.63, 3.8) is 0 Å². The third-order valence-electron chi connectivity index (χ3n) is 5.83. The second-order valence-electron chi connectivity index (χ2n) is 10.2. The van der Waals surface area contributed by atoms with Gasteiger partial charge in [0, 0.05) is 10.6 Å². The van der Waals surface area contributed by atoms with Gasteiger partial charge in [0.1, 0.15) is 11.5 Å². The van der Waals surface area contributed by atoms with Gasteiger partial charge in [0.2, 0.25) is 0 Å². The molecular formula is C29H38O2P2. The fourth-order valence-electron chi connectivity index (χ4n) is 4.53. The molecule has 3 rings (SSSR count). The van der Waals surface area contributed by atoms with Gasteiger partial charge in [0.15, 0.2) is 0 Å². The minimum absolute atomic E-state index is 0.262. The molecule has 0 N–H and O–H groups in total. The van der Waals surface area contributed by atoms with Gasteiger partial charge < -0.3 is 9.47 Å². The molecule has 3 aromatic carbocycles. The summed E-state index contributed by atoms with van der Waals surface area (Å²) in [6.07, 6.45) is 1.10. The first kappa shape index (κ1) is 25.7. The summed E-state index contributed by atoms with van der Waals surface area (Å²) in [6.45, 7) is 14.4. The molecule has 0 radical (unpaired) electrons. The molecule has 0 fully saturated rings. The summed E-state index contributed by atoms with van der Waals surface area (Å²) in [5, 5.41) is 4.37. The Morgan fingerprint density at radius 2 is 0.970 bits per heavy atom. The zero-order valence-electron chi connectivity index (χ0n) is 21.3. The zero-order chi connectivity index (χ0) is 24.2. The lowest BCUT2D eigenvalue weighted by atomic mass is 10.2. The molecule has 2 nitrogen and oxygen atoms in total. The zero-order valence-corrected chi connectivity index (χ0v) is 23.1. The molecule has 0 saturated carbocycles. The molecule has 0 aromatic heterocycles. The molecule has 4 heteroatoms. The summed E-state index contributed by atoms with van der Waals surface area (Å²) in [7, 11) is 2.39. The van der Waals surface area contributed by atoms with E-state index >= 15 is 0 Å². The quantitative estimate of drug-likeness (QED) is 0.338. The predicted octanol–water partition coefficient (Wildman–Crippen LogP) is 7.04. The Morgan fingerprint density at radius 1 is 0.576 bits per heavy atom. The first-order chi connectivity index (χ1) is 15.6. The van der Waals surface area contributed by atoms with Gasteiger partial charge in [-0.25, -0.2) is 0 Å². The molecule has 0 amide bonds. The summed E-state index contributed by atoms with van der Waals surface area (Å²) < 4.78 is 11.7. The molecule has 0 aliphatic carbocycles. The minimum atomic E-state index is -0.862. The van der Waals surface area contributed by atoms with E-state index in [0.717, 1.165) is 17.7 Å². The van der Waals surface area contributed by atoms with Gasteiger partial charge in [-0.15, -0.1) is 0 Å². The highest BCUT2D eigenvalue weighted by Gasteiger charge is 2.35. The Hall–Kier alpha value is -1.88. The average Bonchev–Trinajstić information content (AvgIpc) is 2.77. The second-order valence-corrected chi connectivity index (χ2v) is 16.2. The smallest absolute Gasteiger partial charge is 0.127 e. The molecule has 176 valence electrons. The second kappa shape index (κ2) is 10.6. The Morgan fingerprint density at radius 3 is 1.39 bits per heavy atom. The highest BCUT2D eigenvalue weighted by Crippen LogP contribution is 2.61. The first-order valence-corrected chi connectivity index (χ1v) is 14.4. The van der Waals surface area contributed by atoms with Crippen LogP contribution in [0.2, 0.25) is 0 Å². The number of para-hydroxylation sites is 2. The molecule has 3 aromatic rings. The SMILES string of the molecule is COc1ccccc1P(c1ccccc1CP(C(C)(C)C)C(C)(C)C)c1ccccc1OC. The summed E-state index contributed by atoms with van der Waals surface area (Å²) >= 11 is 0. The van der Waals surface area contributed by atoms with Crippen LogP contribution in [0, 0.1) is 0 Å². The van der Waals surface area contributed by atoms with Gasteiger partial charge in [-0.2, -0.15) is 0 Å². The summed E-state index contributed by atoms with van der Waals surface area (Å²) in [5.41, 5.74) is 1.44. The number of benzene rings is 3. The number of hydrogen-bond donors (Lipinski definition) is 0. The van der Waals surface area contributed by atoms with Crippen molar-refractivity contribution >= 4 is 31.8 Å². The van der Waals surface area contributed by atoms with E-state index in [1.807, 2.05) is 12.1 Å². The lowest BCUT2D eigenvalue weighted by Gasteiger charge is -2.42. The lowest BCUT2D eigenvalue weighted by molar-refractivity contribution is 0.417. The van der Waals surface area contributed by atoms with E-state index in [-0.39, 0.29) is 18.2 Å². The van der Waals surface area contributed by atoms with Crippen LogP contribution >= 0.6 is 15.8 Å². The van der Waals surface area contributed by atoms with Crippen molar-refractivity contribution < 1.29 is 9.47 Å². The summed E-state index contributed by atoms with van der Waals surface area (Å²) in [4.78, 5) is 0. The van der Waals surface area contributed by atoms with Gasteiger partial charge in [0.05, 0.1) is 14.2 Å². The van der Waals surface area contributed by atoms with Crippen molar-refractivity contribution in [1.82, 2.24) is 0 Å². The topological polar surface area (TPSA) is 18.5 Å². The maximum atomic E-state index is 5.85. The van der Waals surface area contributed by atoms with Crippen LogP contribution in [-0.4, -0.2) is 24.5 Å². The summed E-state index contributed by atoms with van der Waals surface area (Å²) in [5.74, 6) is 1.86. The normalized spacial score (nSPS) is 12.3. The third kappa shape index (κ3) is 5.98. The highest BCUT2D eigenvalue weighted by molar-refractivity contribution is 7.80. The molecule has 0 atom stereocenters. The molecule has 33 heavy (non-hydrogen) atoms. The molecule has 0 unspecified atom stereocenters. The van der Waals surface area contributed by atoms with Crippen molar-refractivity contribution in [3.8, 4) is 11.5 Å². The summed E-state index contributed by atoms with van der Waals surface area (Å²) in [6, 6.07) is 25.9. The van der Waals surface area contributed by atoms with Crippen LogP contribution in [0.4, 0.5) is 0 Å². The van der Waals surface area contributed by atoms with E-state index < -0.39 is 7.92 Å². The fraction of sp³-hybridized carbons (Fsp3) is 0.379. The van der Waals surface area contributed by atoms with E-state index in [9.17, 15) is 0 Å². The Balaban J connectivity index is 2.25. The van der Waals surface area contributed by atoms with Crippen molar-refractivity contribution in [2.24, 2.45) is 0 Å². The molecular weight excluding hydrogens is 442 g/mol. The van der Waals surface area contributed by atoms with Crippen molar-refractivity contribution in [2.45, 2.75) is 58.0 Å². The van der Waals surface area contributed by atoms with Gasteiger partial charge >= 0.3 is 0 Å². The average molecular weight is 481 g/mol. The Labute approximate surface area is 203 Å². The van der Waals surface area contributed by atoms with Crippen LogP contribution in [0.25, 0.3) is 0 Å². The maximum Gasteiger partial charge on any atom is 0.127 e. The van der Waals surface area contributed by atoms with E-state index in [4.69, 9.17) is 9.47 Å². The largest absolute Gasteiger partial charge is 0.496 e. The molecule has 0 aliphatic heterocycles. The molecule has 0 spiro atoms. The van der Waals surface area contributed by atoms with Gasteiger partial charge in [0.25, 0.3) is 0 Å². The van der Waals surface area contributed by atoms with Gasteiger partial charge in [-0.1, -0.05) is 110 Å². The third-order valence-corrected chi connectivity index (χ3v) is 12.3. The predicted molar refractivity (Wildman–Crippen MR) is 148 cm³/mol. The van der Waals surface area contributed by atoms with E-state index in [0.29, 0.717) is 0 Å². The number of methoxy groups -OCH3 is 2. The number of rotatable bonds is 7. The van der Waals surface area contributed by atoms with Crippen molar-refractivity contribution in [2.75, 3.05) is 14.2 Å². The standard InChI is InChI=1S/C29H38O2P2/c1-28(2,3)32(29(4,5)6)21-22-15-9-12-18-25(22)33(26-19-13-10-16-23(26)30-7)27-20-14-11-17-24(27)31-8/h9-20H,21H2,1-8H3. The van der Waals surface area contributed by atoms with Crippen LogP contribution in [0.1, 0.15) is 47.1 Å². The lowest BCUT2D eigenvalue weighted by Crippen LogP contribution is -2.29. The van der Waals surface area contributed by atoms with Crippen molar-refractivity contribution in [1.29, 1.82) is 0 Å². The maximum absolute atomic E-state index is 5.85. The molecule has 0 saturated heterocycles. The monoisotopic (exact) mass is 480 g/mol. The Kier molecular flexibility index (Phi) is 8.26. The van der Waals surface area contributed by atoms with Gasteiger partial charge in [-0.05, 0) is 47.4 Å². The molecule has 0 heterocycles.